The van der Waals surface area contributed by atoms with Gasteiger partial charge in [-0.3, -0.25) is 0 Å². The molecule has 8 heavy (non-hydrogen) atoms. The Kier molecular flexibility index (Phi) is 3.73. The summed E-state index contributed by atoms with van der Waals surface area (Å²) in [5, 5.41) is 0. The van der Waals surface area contributed by atoms with Gasteiger partial charge in [-0.1, -0.05) is 12.2 Å². The molecule has 48 valence electrons. The Morgan fingerprint density at radius 2 is 2.38 bits per heavy atom. The molecule has 0 aromatic heterocycles. The molecule has 0 aliphatic carbocycles. The highest BCUT2D eigenvalue weighted by Gasteiger charge is 2.00. The number of hydrogen-bond acceptors (Lipinski definition) is 2. The average molecular weight is 133 g/mol. The molecular formula is C5H11NOS. The Hall–Kier alpha value is -0.150. The van der Waals surface area contributed by atoms with Crippen molar-refractivity contribution in [2.45, 2.75) is 20.0 Å². The van der Waals surface area contributed by atoms with Gasteiger partial charge in [0.1, 0.15) is 11.1 Å². The van der Waals surface area contributed by atoms with E-state index in [1.807, 2.05) is 13.8 Å². The third kappa shape index (κ3) is 2.93. The minimum atomic E-state index is -0.0741. The second-order valence-corrected chi connectivity index (χ2v) is 1.97. The van der Waals surface area contributed by atoms with Crippen molar-refractivity contribution in [2.75, 3.05) is 6.61 Å². The minimum absolute atomic E-state index is 0.0741. The fourth-order valence-corrected chi connectivity index (χ4v) is 0.400. The van der Waals surface area contributed by atoms with Crippen molar-refractivity contribution >= 4 is 17.2 Å². The normalized spacial score (nSPS) is 13.2. The summed E-state index contributed by atoms with van der Waals surface area (Å²) in [4.78, 5) is 0.423. The van der Waals surface area contributed by atoms with Crippen LogP contribution in [0, 0.1) is 0 Å². The highest BCUT2D eigenvalue weighted by atomic mass is 32.1. The van der Waals surface area contributed by atoms with E-state index in [0.29, 0.717) is 11.6 Å². The monoisotopic (exact) mass is 133 g/mol. The van der Waals surface area contributed by atoms with Gasteiger partial charge in [-0.05, 0) is 13.8 Å². The van der Waals surface area contributed by atoms with Crippen molar-refractivity contribution < 1.29 is 4.74 Å². The van der Waals surface area contributed by atoms with Crippen LogP contribution in [0.4, 0.5) is 0 Å². The molecule has 0 fully saturated rings. The fraction of sp³-hybridized carbons (Fsp3) is 0.800. The molecular weight excluding hydrogens is 122 g/mol. The van der Waals surface area contributed by atoms with Crippen LogP contribution in [0.2, 0.25) is 0 Å². The molecule has 2 N–H and O–H groups in total. The molecule has 0 aliphatic heterocycles. The number of rotatable bonds is 3. The van der Waals surface area contributed by atoms with Gasteiger partial charge in [0.2, 0.25) is 0 Å². The van der Waals surface area contributed by atoms with Crippen molar-refractivity contribution in [3.05, 3.63) is 0 Å². The smallest absolute Gasteiger partial charge is 0.104 e. The summed E-state index contributed by atoms with van der Waals surface area (Å²) >= 11 is 4.64. The largest absolute Gasteiger partial charge is 0.391 e. The van der Waals surface area contributed by atoms with Crippen molar-refractivity contribution in [1.29, 1.82) is 0 Å². The Morgan fingerprint density at radius 1 is 1.88 bits per heavy atom. The molecule has 0 amide bonds. The fourth-order valence-electron chi connectivity index (χ4n) is 0.332. The molecule has 1 atom stereocenters. The van der Waals surface area contributed by atoms with Crippen LogP contribution in [0.1, 0.15) is 13.8 Å². The zero-order valence-corrected chi connectivity index (χ0v) is 5.99. The van der Waals surface area contributed by atoms with E-state index in [0.717, 1.165) is 0 Å². The third-order valence-corrected chi connectivity index (χ3v) is 1.15. The highest BCUT2D eigenvalue weighted by Crippen LogP contribution is 1.88. The van der Waals surface area contributed by atoms with Crippen LogP contribution in [-0.4, -0.2) is 17.7 Å². The first-order valence-electron chi connectivity index (χ1n) is 2.59. The number of nitrogens with two attached hydrogens (primary N) is 1. The summed E-state index contributed by atoms with van der Waals surface area (Å²) < 4.78 is 5.04. The molecule has 0 aliphatic rings. The quantitative estimate of drug-likeness (QED) is 0.575. The summed E-state index contributed by atoms with van der Waals surface area (Å²) in [6.45, 7) is 4.42. The SMILES string of the molecule is CCO[C@H](C)C(N)=S. The first kappa shape index (κ1) is 7.85. The first-order valence-corrected chi connectivity index (χ1v) is 3.00. The molecule has 3 heteroatoms. The molecule has 0 rings (SSSR count). The maximum Gasteiger partial charge on any atom is 0.104 e. The van der Waals surface area contributed by atoms with E-state index < -0.39 is 0 Å². The Bertz CT molecular complexity index is 84.5. The first-order chi connectivity index (χ1) is 3.68. The number of ether oxygens (including phenoxy) is 1. The molecule has 2 nitrogen and oxygen atoms in total. The molecule has 0 saturated carbocycles. The molecule has 0 radical (unpaired) electrons. The standard InChI is InChI=1S/C5H11NOS/c1-3-7-4(2)5(6)8/h4H,3H2,1-2H3,(H2,6,8)/t4-/m1/s1. The Balaban J connectivity index is 3.32. The van der Waals surface area contributed by atoms with E-state index in [1.54, 1.807) is 0 Å². The Morgan fingerprint density at radius 3 is 2.50 bits per heavy atom. The summed E-state index contributed by atoms with van der Waals surface area (Å²) in [6, 6.07) is 0. The maximum atomic E-state index is 5.23. The zero-order chi connectivity index (χ0) is 6.57. The van der Waals surface area contributed by atoms with Crippen molar-refractivity contribution in [2.24, 2.45) is 5.73 Å². The lowest BCUT2D eigenvalue weighted by atomic mass is 10.4. The van der Waals surface area contributed by atoms with Crippen LogP contribution in [0.3, 0.4) is 0 Å². The van der Waals surface area contributed by atoms with E-state index in [-0.39, 0.29) is 6.10 Å². The van der Waals surface area contributed by atoms with Gasteiger partial charge in [0.25, 0.3) is 0 Å². The van der Waals surface area contributed by atoms with E-state index in [4.69, 9.17) is 10.5 Å². The van der Waals surface area contributed by atoms with Gasteiger partial charge >= 0.3 is 0 Å². The van der Waals surface area contributed by atoms with Gasteiger partial charge in [0.05, 0.1) is 0 Å². The van der Waals surface area contributed by atoms with Gasteiger partial charge in [0, 0.05) is 6.61 Å². The molecule has 0 spiro atoms. The van der Waals surface area contributed by atoms with Crippen molar-refractivity contribution in [1.82, 2.24) is 0 Å². The van der Waals surface area contributed by atoms with Crippen molar-refractivity contribution in [3.8, 4) is 0 Å². The van der Waals surface area contributed by atoms with Crippen LogP contribution in [0.5, 0.6) is 0 Å². The molecule has 0 aromatic rings. The lowest BCUT2D eigenvalue weighted by Crippen LogP contribution is -2.26. The van der Waals surface area contributed by atoms with Crippen molar-refractivity contribution in [3.63, 3.8) is 0 Å². The number of thiocarbonyl (C=S) groups is 1. The van der Waals surface area contributed by atoms with Gasteiger partial charge in [0.15, 0.2) is 0 Å². The summed E-state index contributed by atoms with van der Waals surface area (Å²) in [5.41, 5.74) is 5.23. The van der Waals surface area contributed by atoms with Crippen LogP contribution in [0.25, 0.3) is 0 Å². The van der Waals surface area contributed by atoms with Crippen LogP contribution in [-0.2, 0) is 4.74 Å². The van der Waals surface area contributed by atoms with E-state index in [9.17, 15) is 0 Å². The molecule has 0 saturated heterocycles. The number of hydrogen-bond donors (Lipinski definition) is 1. The lowest BCUT2D eigenvalue weighted by Gasteiger charge is -2.07. The molecule has 0 aromatic carbocycles. The maximum absolute atomic E-state index is 5.23. The Labute approximate surface area is 55.0 Å². The summed E-state index contributed by atoms with van der Waals surface area (Å²) in [7, 11) is 0. The zero-order valence-electron chi connectivity index (χ0n) is 5.18. The van der Waals surface area contributed by atoms with E-state index in [1.165, 1.54) is 0 Å². The lowest BCUT2D eigenvalue weighted by molar-refractivity contribution is 0.123. The van der Waals surface area contributed by atoms with E-state index in [2.05, 4.69) is 12.2 Å². The van der Waals surface area contributed by atoms with Gasteiger partial charge < -0.3 is 10.5 Å². The van der Waals surface area contributed by atoms with E-state index >= 15 is 0 Å². The second kappa shape index (κ2) is 3.80. The van der Waals surface area contributed by atoms with Gasteiger partial charge in [-0.15, -0.1) is 0 Å². The van der Waals surface area contributed by atoms with Crippen LogP contribution < -0.4 is 5.73 Å². The topological polar surface area (TPSA) is 35.2 Å². The minimum Gasteiger partial charge on any atom is -0.391 e. The average Bonchev–Trinajstić information content (AvgIpc) is 1.67. The van der Waals surface area contributed by atoms with Crippen LogP contribution >= 0.6 is 12.2 Å². The predicted octanol–water partition coefficient (Wildman–Crippen LogP) is 0.698. The summed E-state index contributed by atoms with van der Waals surface area (Å²) in [5.74, 6) is 0. The molecule has 0 heterocycles. The van der Waals surface area contributed by atoms with Gasteiger partial charge in [-0.25, -0.2) is 0 Å². The molecule has 0 bridgehead atoms. The predicted molar refractivity (Wildman–Crippen MR) is 37.9 cm³/mol. The highest BCUT2D eigenvalue weighted by molar-refractivity contribution is 7.80. The summed E-state index contributed by atoms with van der Waals surface area (Å²) in [6.07, 6.45) is -0.0741. The van der Waals surface area contributed by atoms with Gasteiger partial charge in [-0.2, -0.15) is 0 Å². The molecule has 0 unspecified atom stereocenters. The van der Waals surface area contributed by atoms with Crippen LogP contribution in [0.15, 0.2) is 0 Å². The second-order valence-electron chi connectivity index (χ2n) is 1.50. The third-order valence-electron chi connectivity index (χ3n) is 0.817.